The maximum atomic E-state index is 13.6. The number of aromatic nitrogens is 1. The van der Waals surface area contributed by atoms with E-state index in [1.807, 2.05) is 17.7 Å². The van der Waals surface area contributed by atoms with E-state index in [2.05, 4.69) is 29.2 Å². The van der Waals surface area contributed by atoms with Crippen molar-refractivity contribution < 1.29 is 9.50 Å². The smallest absolute Gasteiger partial charge is 0.129 e. The van der Waals surface area contributed by atoms with E-state index in [-0.39, 0.29) is 5.75 Å². The summed E-state index contributed by atoms with van der Waals surface area (Å²) in [5.74, 6) is -0.355. The van der Waals surface area contributed by atoms with Gasteiger partial charge in [0.05, 0.1) is 5.52 Å². The Bertz CT molecular complexity index is 875. The van der Waals surface area contributed by atoms with Crippen molar-refractivity contribution in [3.63, 3.8) is 0 Å². The molecule has 0 saturated heterocycles. The highest BCUT2D eigenvalue weighted by Crippen LogP contribution is 2.32. The third kappa shape index (κ3) is 2.57. The van der Waals surface area contributed by atoms with Gasteiger partial charge in [-0.3, -0.25) is 4.90 Å². The first kappa shape index (κ1) is 15.2. The van der Waals surface area contributed by atoms with Crippen LogP contribution in [-0.4, -0.2) is 21.1 Å². The number of fused-ring (bicyclic) bond motifs is 2. The molecule has 0 bridgehead atoms. The topological polar surface area (TPSA) is 28.4 Å². The molecular formula is C20H21FN2O. The number of benzene rings is 2. The van der Waals surface area contributed by atoms with Gasteiger partial charge in [0.1, 0.15) is 11.6 Å². The maximum absolute atomic E-state index is 13.6. The predicted molar refractivity (Wildman–Crippen MR) is 93.5 cm³/mol. The summed E-state index contributed by atoms with van der Waals surface area (Å²) in [6.07, 6.45) is 2.89. The number of rotatable bonds is 4. The fourth-order valence-corrected chi connectivity index (χ4v) is 3.75. The van der Waals surface area contributed by atoms with Crippen LogP contribution in [0.4, 0.5) is 4.39 Å². The van der Waals surface area contributed by atoms with Gasteiger partial charge in [0, 0.05) is 43.8 Å². The summed E-state index contributed by atoms with van der Waals surface area (Å²) in [6, 6.07) is 11.3. The summed E-state index contributed by atoms with van der Waals surface area (Å²) in [6.45, 7) is 5.66. The van der Waals surface area contributed by atoms with Crippen LogP contribution >= 0.6 is 0 Å². The zero-order chi connectivity index (χ0) is 16.7. The zero-order valence-electron chi connectivity index (χ0n) is 13.8. The fourth-order valence-electron chi connectivity index (χ4n) is 3.75. The molecule has 0 radical (unpaired) electrons. The van der Waals surface area contributed by atoms with E-state index in [9.17, 15) is 9.50 Å². The maximum Gasteiger partial charge on any atom is 0.129 e. The molecule has 124 valence electrons. The summed E-state index contributed by atoms with van der Waals surface area (Å²) in [5.41, 5.74) is 4.66. The lowest BCUT2D eigenvalue weighted by atomic mass is 10.1. The van der Waals surface area contributed by atoms with Crippen LogP contribution in [0.1, 0.15) is 23.6 Å². The molecule has 1 N–H and O–H groups in total. The lowest BCUT2D eigenvalue weighted by molar-refractivity contribution is 0.288. The molecule has 0 amide bonds. The average molecular weight is 324 g/mol. The van der Waals surface area contributed by atoms with Crippen molar-refractivity contribution in [1.82, 2.24) is 9.47 Å². The van der Waals surface area contributed by atoms with Crippen molar-refractivity contribution >= 4 is 10.9 Å². The lowest BCUT2D eigenvalue weighted by Crippen LogP contribution is -2.19. The second-order valence-electron chi connectivity index (χ2n) is 6.49. The third-order valence-electron chi connectivity index (χ3n) is 4.95. The molecule has 4 rings (SSSR count). The Balaban J connectivity index is 1.58. The quantitative estimate of drug-likeness (QED) is 0.784. The number of nitrogens with zero attached hydrogens (tertiary/aromatic N) is 2. The second kappa shape index (κ2) is 5.95. The highest BCUT2D eigenvalue weighted by atomic mass is 19.1. The molecule has 0 atom stereocenters. The second-order valence-corrected chi connectivity index (χ2v) is 6.49. The Hall–Kier alpha value is -2.33. The first-order valence-electron chi connectivity index (χ1n) is 8.45. The number of halogens is 1. The largest absolute Gasteiger partial charge is 0.507 e. The number of phenolic OH excluding ortho intramolecular Hbond substituents is 1. The van der Waals surface area contributed by atoms with Crippen molar-refractivity contribution in [3.8, 4) is 5.75 Å². The van der Waals surface area contributed by atoms with Crippen molar-refractivity contribution in [2.75, 3.05) is 6.54 Å². The van der Waals surface area contributed by atoms with Crippen molar-refractivity contribution in [3.05, 3.63) is 65.1 Å². The number of phenols is 1. The molecule has 1 aliphatic rings. The summed E-state index contributed by atoms with van der Waals surface area (Å²) >= 11 is 0. The van der Waals surface area contributed by atoms with Crippen LogP contribution in [0.25, 0.3) is 10.9 Å². The van der Waals surface area contributed by atoms with Crippen LogP contribution < -0.4 is 0 Å². The predicted octanol–water partition coefficient (Wildman–Crippen LogP) is 4.06. The molecule has 24 heavy (non-hydrogen) atoms. The molecule has 3 aromatic rings. The van der Waals surface area contributed by atoms with Crippen molar-refractivity contribution in [2.24, 2.45) is 0 Å². The van der Waals surface area contributed by atoms with Gasteiger partial charge in [-0.2, -0.15) is 0 Å². The normalized spacial score (nSPS) is 14.4. The van der Waals surface area contributed by atoms with E-state index in [4.69, 9.17) is 0 Å². The van der Waals surface area contributed by atoms with E-state index in [1.54, 1.807) is 0 Å². The van der Waals surface area contributed by atoms with Gasteiger partial charge in [0.2, 0.25) is 0 Å². The van der Waals surface area contributed by atoms with Crippen LogP contribution in [0.15, 0.2) is 42.6 Å². The van der Waals surface area contributed by atoms with E-state index in [0.717, 1.165) is 49.1 Å². The summed E-state index contributed by atoms with van der Waals surface area (Å²) in [7, 11) is 0. The van der Waals surface area contributed by atoms with E-state index in [0.29, 0.717) is 0 Å². The van der Waals surface area contributed by atoms with Gasteiger partial charge >= 0.3 is 0 Å². The monoisotopic (exact) mass is 324 g/mol. The van der Waals surface area contributed by atoms with E-state index >= 15 is 0 Å². The highest BCUT2D eigenvalue weighted by molar-refractivity contribution is 5.89. The molecular weight excluding hydrogens is 303 g/mol. The molecule has 2 heterocycles. The van der Waals surface area contributed by atoms with Gasteiger partial charge in [-0.1, -0.05) is 24.3 Å². The van der Waals surface area contributed by atoms with Gasteiger partial charge < -0.3 is 9.67 Å². The number of hydrogen-bond donors (Lipinski definition) is 1. The fraction of sp³-hybridized carbons (Fsp3) is 0.300. The number of hydrogen-bond acceptors (Lipinski definition) is 2. The van der Waals surface area contributed by atoms with Gasteiger partial charge in [-0.05, 0) is 36.1 Å². The van der Waals surface area contributed by atoms with Crippen LogP contribution in [0.2, 0.25) is 0 Å². The van der Waals surface area contributed by atoms with Gasteiger partial charge in [-0.25, -0.2) is 4.39 Å². The Morgan fingerprint density at radius 1 is 1.12 bits per heavy atom. The number of aryl methyl sites for hydroxylation is 1. The first-order chi connectivity index (χ1) is 11.7. The summed E-state index contributed by atoms with van der Waals surface area (Å²) in [5, 5.41) is 11.0. The Kier molecular flexibility index (Phi) is 3.77. The zero-order valence-corrected chi connectivity index (χ0v) is 13.8. The average Bonchev–Trinajstić information content (AvgIpc) is 3.13. The highest BCUT2D eigenvalue weighted by Gasteiger charge is 2.19. The Labute approximate surface area is 140 Å². The van der Waals surface area contributed by atoms with Gasteiger partial charge in [0.15, 0.2) is 0 Å². The van der Waals surface area contributed by atoms with Crippen molar-refractivity contribution in [1.29, 1.82) is 0 Å². The molecule has 3 nitrogen and oxygen atoms in total. The van der Waals surface area contributed by atoms with E-state index < -0.39 is 5.82 Å². The molecule has 0 saturated carbocycles. The molecule has 0 aliphatic carbocycles. The molecule has 1 aliphatic heterocycles. The Morgan fingerprint density at radius 3 is 2.50 bits per heavy atom. The molecule has 2 aromatic carbocycles. The summed E-state index contributed by atoms with van der Waals surface area (Å²) in [4.78, 5) is 2.42. The minimum atomic E-state index is -0.394. The van der Waals surface area contributed by atoms with Gasteiger partial charge in [-0.15, -0.1) is 0 Å². The first-order valence-corrected chi connectivity index (χ1v) is 8.45. The molecule has 1 aromatic heterocycles. The lowest BCUT2D eigenvalue weighted by Gasteiger charge is -2.14. The van der Waals surface area contributed by atoms with Gasteiger partial charge in [0.25, 0.3) is 0 Å². The SMILES string of the molecule is CCn1cc(CCN2Cc3ccccc3C2)c2c(O)cc(F)cc21. The van der Waals surface area contributed by atoms with Crippen LogP contribution in [0, 0.1) is 5.82 Å². The molecule has 0 spiro atoms. The minimum absolute atomic E-state index is 0.0388. The van der Waals surface area contributed by atoms with Crippen molar-refractivity contribution in [2.45, 2.75) is 33.0 Å². The van der Waals surface area contributed by atoms with Crippen LogP contribution in [0.3, 0.4) is 0 Å². The third-order valence-corrected chi connectivity index (χ3v) is 4.95. The molecule has 0 unspecified atom stereocenters. The van der Waals surface area contributed by atoms with Crippen LogP contribution in [0.5, 0.6) is 5.75 Å². The van der Waals surface area contributed by atoms with Crippen LogP contribution in [-0.2, 0) is 26.1 Å². The number of aromatic hydroxyl groups is 1. The molecule has 4 heteroatoms. The molecule has 0 fully saturated rings. The Morgan fingerprint density at radius 2 is 1.83 bits per heavy atom. The minimum Gasteiger partial charge on any atom is -0.507 e. The standard InChI is InChI=1S/C20H21FN2O/c1-2-23-13-16(20-18(23)9-17(21)10-19(20)24)7-8-22-11-14-5-3-4-6-15(14)12-22/h3-6,9-10,13,24H,2,7-8,11-12H2,1H3. The summed E-state index contributed by atoms with van der Waals surface area (Å²) < 4.78 is 15.6. The van der Waals surface area contributed by atoms with E-state index in [1.165, 1.54) is 23.3 Å².